The molecule has 0 aliphatic rings. The van der Waals surface area contributed by atoms with Gasteiger partial charge in [0.15, 0.2) is 10.8 Å². The molecule has 2 rings (SSSR count). The second-order valence-electron chi connectivity index (χ2n) is 3.85. The molecule has 0 saturated heterocycles. The summed E-state index contributed by atoms with van der Waals surface area (Å²) in [6.45, 7) is 3.88. The molecule has 2 aromatic rings. The number of aromatic nitrogens is 2. The molecule has 0 saturated carbocycles. The molecule has 2 aromatic heterocycles. The molecule has 0 aliphatic carbocycles. The van der Waals surface area contributed by atoms with Crippen LogP contribution in [0.15, 0.2) is 17.6 Å². The molecule has 0 fully saturated rings. The van der Waals surface area contributed by atoms with Crippen molar-refractivity contribution in [3.63, 3.8) is 0 Å². The summed E-state index contributed by atoms with van der Waals surface area (Å²) < 4.78 is 4.87. The van der Waals surface area contributed by atoms with Crippen molar-refractivity contribution >= 4 is 28.1 Å². The van der Waals surface area contributed by atoms with Crippen LogP contribution in [0.5, 0.6) is 0 Å². The Morgan fingerprint density at radius 3 is 3.10 bits per heavy atom. The van der Waals surface area contributed by atoms with E-state index in [0.717, 1.165) is 5.69 Å². The first-order valence-electron chi connectivity index (χ1n) is 5.90. The molecule has 7 heteroatoms. The minimum Gasteiger partial charge on any atom is -0.461 e. The van der Waals surface area contributed by atoms with E-state index >= 15 is 0 Å². The summed E-state index contributed by atoms with van der Waals surface area (Å²) in [6.07, 6.45) is 1.51. The lowest BCUT2D eigenvalue weighted by atomic mass is 10.2. The third-order valence-corrected chi connectivity index (χ3v) is 3.20. The molecule has 20 heavy (non-hydrogen) atoms. The van der Waals surface area contributed by atoms with Crippen molar-refractivity contribution in [2.24, 2.45) is 0 Å². The van der Waals surface area contributed by atoms with Crippen LogP contribution in [0.1, 0.15) is 28.7 Å². The largest absolute Gasteiger partial charge is 0.461 e. The third kappa shape index (κ3) is 3.10. The molecule has 0 spiro atoms. The highest BCUT2D eigenvalue weighted by molar-refractivity contribution is 7.14. The van der Waals surface area contributed by atoms with Gasteiger partial charge in [0, 0.05) is 11.6 Å². The zero-order chi connectivity index (χ0) is 14.5. The Labute approximate surface area is 120 Å². The number of carbonyl (C=O) groups is 1. The van der Waals surface area contributed by atoms with E-state index in [0.29, 0.717) is 23.0 Å². The van der Waals surface area contributed by atoms with Gasteiger partial charge in [0.2, 0.25) is 0 Å². The van der Waals surface area contributed by atoms with Gasteiger partial charge in [0.25, 0.3) is 0 Å². The van der Waals surface area contributed by atoms with E-state index in [1.807, 2.05) is 13.0 Å². The van der Waals surface area contributed by atoms with E-state index in [1.54, 1.807) is 18.4 Å². The summed E-state index contributed by atoms with van der Waals surface area (Å²) in [7, 11) is 0. The van der Waals surface area contributed by atoms with Crippen LogP contribution in [0.4, 0.5) is 10.8 Å². The fourth-order valence-corrected chi connectivity index (χ4v) is 2.16. The summed E-state index contributed by atoms with van der Waals surface area (Å²) in [5.41, 5.74) is 2.16. The molecule has 1 N–H and O–H groups in total. The van der Waals surface area contributed by atoms with Crippen LogP contribution >= 0.6 is 11.3 Å². The first-order valence-corrected chi connectivity index (χ1v) is 6.78. The highest BCUT2D eigenvalue weighted by Crippen LogP contribution is 2.23. The van der Waals surface area contributed by atoms with E-state index in [-0.39, 0.29) is 5.69 Å². The number of anilines is 2. The topological polar surface area (TPSA) is 87.9 Å². The fourth-order valence-electron chi connectivity index (χ4n) is 1.47. The van der Waals surface area contributed by atoms with Crippen LogP contribution in [0, 0.1) is 18.3 Å². The average Bonchev–Trinajstić information content (AvgIpc) is 2.90. The predicted octanol–water partition coefficient (Wildman–Crippen LogP) is 2.64. The van der Waals surface area contributed by atoms with E-state index in [1.165, 1.54) is 17.5 Å². The SMILES string of the molecule is CCOC(=O)c1csc(Nc2cc(C#N)cnc2C)n1. The standard InChI is InChI=1S/C13H12N4O2S/c1-3-19-12(18)11-7-20-13(17-11)16-10-4-9(5-14)6-15-8(10)2/h4,6-7H,3H2,1-2H3,(H,16,17). The second kappa shape index (κ2) is 6.12. The summed E-state index contributed by atoms with van der Waals surface area (Å²) in [5.74, 6) is -0.447. The molecule has 0 bridgehead atoms. The van der Waals surface area contributed by atoms with Crippen LogP contribution in [0.25, 0.3) is 0 Å². The van der Waals surface area contributed by atoms with Crippen LogP contribution < -0.4 is 5.32 Å². The third-order valence-electron chi connectivity index (χ3n) is 2.45. The maximum atomic E-state index is 11.5. The maximum absolute atomic E-state index is 11.5. The fraction of sp³-hybridized carbons (Fsp3) is 0.231. The Kier molecular flexibility index (Phi) is 4.27. The lowest BCUT2D eigenvalue weighted by Gasteiger charge is -2.05. The Morgan fingerprint density at radius 2 is 2.40 bits per heavy atom. The van der Waals surface area contributed by atoms with E-state index in [9.17, 15) is 4.79 Å². The molecule has 0 aromatic carbocycles. The summed E-state index contributed by atoms with van der Waals surface area (Å²) in [4.78, 5) is 19.8. The number of carbonyl (C=O) groups excluding carboxylic acids is 1. The monoisotopic (exact) mass is 288 g/mol. The zero-order valence-corrected chi connectivity index (χ0v) is 11.8. The molecular formula is C13H12N4O2S. The van der Waals surface area contributed by atoms with Crippen molar-refractivity contribution in [2.45, 2.75) is 13.8 Å². The molecular weight excluding hydrogens is 276 g/mol. The lowest BCUT2D eigenvalue weighted by Crippen LogP contribution is -2.05. The van der Waals surface area contributed by atoms with Crippen molar-refractivity contribution in [2.75, 3.05) is 11.9 Å². The molecule has 0 amide bonds. The molecule has 0 aliphatic heterocycles. The normalized spacial score (nSPS) is 9.85. The van der Waals surface area contributed by atoms with E-state index in [4.69, 9.17) is 10.00 Å². The molecule has 0 unspecified atom stereocenters. The number of nitrogens with one attached hydrogen (secondary N) is 1. The van der Waals surface area contributed by atoms with Crippen molar-refractivity contribution in [3.05, 3.63) is 34.6 Å². The quantitative estimate of drug-likeness (QED) is 0.870. The van der Waals surface area contributed by atoms with Gasteiger partial charge in [-0.25, -0.2) is 9.78 Å². The lowest BCUT2D eigenvalue weighted by molar-refractivity contribution is 0.0520. The zero-order valence-electron chi connectivity index (χ0n) is 11.0. The predicted molar refractivity (Wildman–Crippen MR) is 75.0 cm³/mol. The van der Waals surface area contributed by atoms with Crippen molar-refractivity contribution in [3.8, 4) is 6.07 Å². The van der Waals surface area contributed by atoms with Gasteiger partial charge in [0.1, 0.15) is 6.07 Å². The summed E-state index contributed by atoms with van der Waals surface area (Å²) >= 11 is 1.29. The van der Waals surface area contributed by atoms with Crippen LogP contribution in [0.3, 0.4) is 0 Å². The highest BCUT2D eigenvalue weighted by atomic mass is 32.1. The molecule has 0 atom stereocenters. The Hall–Kier alpha value is -2.46. The van der Waals surface area contributed by atoms with Crippen LogP contribution in [-0.2, 0) is 4.74 Å². The van der Waals surface area contributed by atoms with Crippen LogP contribution in [0.2, 0.25) is 0 Å². The van der Waals surface area contributed by atoms with E-state index in [2.05, 4.69) is 15.3 Å². The Balaban J connectivity index is 2.19. The number of ether oxygens (including phenoxy) is 1. The van der Waals surface area contributed by atoms with Crippen molar-refractivity contribution in [1.82, 2.24) is 9.97 Å². The molecule has 0 radical (unpaired) electrons. The number of nitriles is 1. The van der Waals surface area contributed by atoms with Gasteiger partial charge in [-0.2, -0.15) is 5.26 Å². The summed E-state index contributed by atoms with van der Waals surface area (Å²) in [6, 6.07) is 3.72. The number of aryl methyl sites for hydroxylation is 1. The highest BCUT2D eigenvalue weighted by Gasteiger charge is 2.12. The molecule has 102 valence electrons. The first-order chi connectivity index (χ1) is 9.63. The number of hydrogen-bond acceptors (Lipinski definition) is 7. The Morgan fingerprint density at radius 1 is 1.60 bits per heavy atom. The van der Waals surface area contributed by atoms with Crippen molar-refractivity contribution < 1.29 is 9.53 Å². The average molecular weight is 288 g/mol. The number of pyridine rings is 1. The Bertz CT molecular complexity index is 675. The number of rotatable bonds is 4. The number of nitrogens with zero attached hydrogens (tertiary/aromatic N) is 3. The second-order valence-corrected chi connectivity index (χ2v) is 4.71. The van der Waals surface area contributed by atoms with Crippen molar-refractivity contribution in [1.29, 1.82) is 5.26 Å². The van der Waals surface area contributed by atoms with Gasteiger partial charge in [-0.1, -0.05) is 0 Å². The van der Waals surface area contributed by atoms with E-state index < -0.39 is 5.97 Å². The van der Waals surface area contributed by atoms with Gasteiger partial charge in [-0.3, -0.25) is 4.98 Å². The van der Waals surface area contributed by atoms with Gasteiger partial charge in [-0.15, -0.1) is 11.3 Å². The number of esters is 1. The van der Waals surface area contributed by atoms with Gasteiger partial charge >= 0.3 is 5.97 Å². The smallest absolute Gasteiger partial charge is 0.357 e. The number of hydrogen-bond donors (Lipinski definition) is 1. The molecule has 6 nitrogen and oxygen atoms in total. The minimum absolute atomic E-state index is 0.265. The minimum atomic E-state index is -0.447. The first kappa shape index (κ1) is 14.0. The van der Waals surface area contributed by atoms with Gasteiger partial charge < -0.3 is 10.1 Å². The maximum Gasteiger partial charge on any atom is 0.357 e. The summed E-state index contributed by atoms with van der Waals surface area (Å²) in [5, 5.41) is 14.1. The number of thiazole rings is 1. The van der Waals surface area contributed by atoms with Gasteiger partial charge in [0.05, 0.1) is 23.6 Å². The van der Waals surface area contributed by atoms with Gasteiger partial charge in [-0.05, 0) is 19.9 Å². The molecule has 2 heterocycles. The van der Waals surface area contributed by atoms with Crippen LogP contribution in [-0.4, -0.2) is 22.5 Å².